The second kappa shape index (κ2) is 5.36. The van der Waals surface area contributed by atoms with Crippen molar-refractivity contribution in [1.82, 2.24) is 10.2 Å². The molecule has 0 spiro atoms. The Morgan fingerprint density at radius 2 is 1.94 bits per heavy atom. The molecule has 0 saturated heterocycles. The molecule has 0 amide bonds. The van der Waals surface area contributed by atoms with Crippen LogP contribution in [-0.2, 0) is 6.54 Å². The quantitative estimate of drug-likeness (QED) is 0.865. The van der Waals surface area contributed by atoms with E-state index in [9.17, 15) is 0 Å². The molecule has 2 rings (SSSR count). The van der Waals surface area contributed by atoms with E-state index in [-0.39, 0.29) is 0 Å². The van der Waals surface area contributed by atoms with E-state index in [0.29, 0.717) is 12.5 Å². The van der Waals surface area contributed by atoms with Gasteiger partial charge in [0.25, 0.3) is 0 Å². The molecule has 3 heteroatoms. The molecule has 1 aromatic heterocycles. The summed E-state index contributed by atoms with van der Waals surface area (Å²) in [5, 5.41) is 7.35. The molecule has 0 aliphatic heterocycles. The average molecular weight is 243 g/mol. The van der Waals surface area contributed by atoms with Crippen molar-refractivity contribution in [2.24, 2.45) is 5.73 Å². The Morgan fingerprint density at radius 3 is 2.50 bits per heavy atom. The number of aromatic amines is 1. The maximum atomic E-state index is 5.77. The van der Waals surface area contributed by atoms with Gasteiger partial charge in [0, 0.05) is 23.4 Å². The van der Waals surface area contributed by atoms with E-state index in [4.69, 9.17) is 5.73 Å². The molecule has 1 heterocycles. The van der Waals surface area contributed by atoms with Gasteiger partial charge >= 0.3 is 0 Å². The van der Waals surface area contributed by atoms with E-state index in [1.807, 2.05) is 6.92 Å². The number of hydrogen-bond donors (Lipinski definition) is 2. The molecule has 1 atom stereocenters. The highest BCUT2D eigenvalue weighted by atomic mass is 15.1. The Bertz CT molecular complexity index is 511. The number of nitrogens with one attached hydrogen (secondary N) is 1. The van der Waals surface area contributed by atoms with Gasteiger partial charge < -0.3 is 5.73 Å². The van der Waals surface area contributed by atoms with Gasteiger partial charge in [0.15, 0.2) is 0 Å². The monoisotopic (exact) mass is 243 g/mol. The first kappa shape index (κ1) is 12.8. The number of nitrogens with two attached hydrogens (primary N) is 1. The van der Waals surface area contributed by atoms with Crippen LogP contribution in [0.15, 0.2) is 24.3 Å². The third-order valence-corrected chi connectivity index (χ3v) is 3.64. The molecule has 3 nitrogen and oxygen atoms in total. The molecule has 18 heavy (non-hydrogen) atoms. The molecule has 3 N–H and O–H groups in total. The molecule has 2 aromatic rings. The summed E-state index contributed by atoms with van der Waals surface area (Å²) < 4.78 is 0. The standard InChI is InChI=1S/C15H21N3/c1-4-10(2)12-5-7-13(8-6-12)15-14(9-16)11(3)17-18-15/h5-8,10H,4,9,16H2,1-3H3,(H,17,18). The molecule has 0 bridgehead atoms. The van der Waals surface area contributed by atoms with Crippen LogP contribution in [0.4, 0.5) is 0 Å². The number of hydrogen-bond acceptors (Lipinski definition) is 2. The van der Waals surface area contributed by atoms with Crippen LogP contribution in [0.1, 0.15) is 43.0 Å². The summed E-state index contributed by atoms with van der Waals surface area (Å²) in [6.07, 6.45) is 1.16. The van der Waals surface area contributed by atoms with Crippen molar-refractivity contribution in [3.8, 4) is 11.3 Å². The van der Waals surface area contributed by atoms with Gasteiger partial charge in [0.1, 0.15) is 0 Å². The highest BCUT2D eigenvalue weighted by molar-refractivity contribution is 5.64. The fraction of sp³-hybridized carbons (Fsp3) is 0.400. The van der Waals surface area contributed by atoms with E-state index in [1.54, 1.807) is 0 Å². The average Bonchev–Trinajstić information content (AvgIpc) is 2.79. The number of nitrogens with zero attached hydrogens (tertiary/aromatic N) is 1. The maximum absolute atomic E-state index is 5.77. The molecular formula is C15H21N3. The first-order valence-electron chi connectivity index (χ1n) is 6.51. The van der Waals surface area contributed by atoms with Crippen molar-refractivity contribution < 1.29 is 0 Å². The zero-order chi connectivity index (χ0) is 13.1. The van der Waals surface area contributed by atoms with Crippen LogP contribution < -0.4 is 5.73 Å². The van der Waals surface area contributed by atoms with Gasteiger partial charge in [-0.05, 0) is 24.8 Å². The largest absolute Gasteiger partial charge is 0.326 e. The van der Waals surface area contributed by atoms with Crippen molar-refractivity contribution in [2.75, 3.05) is 0 Å². The van der Waals surface area contributed by atoms with Gasteiger partial charge in [0.05, 0.1) is 5.69 Å². The zero-order valence-electron chi connectivity index (χ0n) is 11.3. The molecule has 96 valence electrons. The summed E-state index contributed by atoms with van der Waals surface area (Å²) in [6, 6.07) is 8.65. The Balaban J connectivity index is 2.34. The molecule has 0 fully saturated rings. The van der Waals surface area contributed by atoms with Gasteiger partial charge in [-0.1, -0.05) is 38.1 Å². The van der Waals surface area contributed by atoms with Gasteiger partial charge in [-0.2, -0.15) is 5.10 Å². The van der Waals surface area contributed by atoms with E-state index in [0.717, 1.165) is 28.9 Å². The Morgan fingerprint density at radius 1 is 1.28 bits per heavy atom. The minimum absolute atomic E-state index is 0.519. The van der Waals surface area contributed by atoms with E-state index >= 15 is 0 Å². The van der Waals surface area contributed by atoms with E-state index in [1.165, 1.54) is 5.56 Å². The van der Waals surface area contributed by atoms with Crippen LogP contribution in [0.25, 0.3) is 11.3 Å². The zero-order valence-corrected chi connectivity index (χ0v) is 11.3. The number of benzene rings is 1. The summed E-state index contributed by atoms with van der Waals surface area (Å²) in [4.78, 5) is 0. The molecule has 1 unspecified atom stereocenters. The second-order valence-electron chi connectivity index (χ2n) is 4.81. The van der Waals surface area contributed by atoms with Crippen LogP contribution in [-0.4, -0.2) is 10.2 Å². The summed E-state index contributed by atoms with van der Waals surface area (Å²) in [7, 11) is 0. The smallest absolute Gasteiger partial charge is 0.0968 e. The van der Waals surface area contributed by atoms with Crippen LogP contribution >= 0.6 is 0 Å². The second-order valence-corrected chi connectivity index (χ2v) is 4.81. The third kappa shape index (κ3) is 2.31. The van der Waals surface area contributed by atoms with Crippen LogP contribution in [0.5, 0.6) is 0 Å². The fourth-order valence-corrected chi connectivity index (χ4v) is 2.15. The van der Waals surface area contributed by atoms with Crippen molar-refractivity contribution in [3.05, 3.63) is 41.1 Å². The van der Waals surface area contributed by atoms with E-state index < -0.39 is 0 Å². The molecule has 0 aliphatic rings. The SMILES string of the molecule is CCC(C)c1ccc(-c2n[nH]c(C)c2CN)cc1. The lowest BCUT2D eigenvalue weighted by Gasteiger charge is -2.09. The highest BCUT2D eigenvalue weighted by Gasteiger charge is 2.11. The summed E-state index contributed by atoms with van der Waals surface area (Å²) in [6.45, 7) is 6.98. The van der Waals surface area contributed by atoms with Crippen LogP contribution in [0.3, 0.4) is 0 Å². The number of aromatic nitrogens is 2. The predicted octanol–water partition coefficient (Wildman–Crippen LogP) is 3.36. The predicted molar refractivity (Wildman–Crippen MR) is 75.4 cm³/mol. The first-order chi connectivity index (χ1) is 8.67. The normalized spacial score (nSPS) is 12.7. The lowest BCUT2D eigenvalue weighted by Crippen LogP contribution is -1.99. The van der Waals surface area contributed by atoms with Gasteiger partial charge in [-0.25, -0.2) is 0 Å². The van der Waals surface area contributed by atoms with Gasteiger partial charge in [-0.15, -0.1) is 0 Å². The molecule has 1 aromatic carbocycles. The Kier molecular flexibility index (Phi) is 3.82. The number of rotatable bonds is 4. The Hall–Kier alpha value is -1.61. The lowest BCUT2D eigenvalue weighted by molar-refractivity contribution is 0.734. The van der Waals surface area contributed by atoms with Crippen molar-refractivity contribution in [3.63, 3.8) is 0 Å². The number of H-pyrrole nitrogens is 1. The minimum Gasteiger partial charge on any atom is -0.326 e. The summed E-state index contributed by atoms with van der Waals surface area (Å²) >= 11 is 0. The van der Waals surface area contributed by atoms with Crippen LogP contribution in [0, 0.1) is 6.92 Å². The fourth-order valence-electron chi connectivity index (χ4n) is 2.15. The topological polar surface area (TPSA) is 54.7 Å². The maximum Gasteiger partial charge on any atom is 0.0968 e. The van der Waals surface area contributed by atoms with Crippen LogP contribution in [0.2, 0.25) is 0 Å². The van der Waals surface area contributed by atoms with Gasteiger partial charge in [-0.3, -0.25) is 5.10 Å². The molecule has 0 saturated carbocycles. The molecule has 0 radical (unpaired) electrons. The first-order valence-corrected chi connectivity index (χ1v) is 6.51. The third-order valence-electron chi connectivity index (χ3n) is 3.64. The Labute approximate surface area is 108 Å². The summed E-state index contributed by atoms with van der Waals surface area (Å²) in [5.41, 5.74) is 11.4. The summed E-state index contributed by atoms with van der Waals surface area (Å²) in [5.74, 6) is 0.606. The van der Waals surface area contributed by atoms with Crippen molar-refractivity contribution >= 4 is 0 Å². The number of aryl methyl sites for hydroxylation is 1. The van der Waals surface area contributed by atoms with Crippen molar-refractivity contribution in [2.45, 2.75) is 39.7 Å². The molecular weight excluding hydrogens is 222 g/mol. The van der Waals surface area contributed by atoms with Gasteiger partial charge in [0.2, 0.25) is 0 Å². The lowest BCUT2D eigenvalue weighted by atomic mass is 9.96. The minimum atomic E-state index is 0.519. The van der Waals surface area contributed by atoms with Crippen molar-refractivity contribution in [1.29, 1.82) is 0 Å². The van der Waals surface area contributed by atoms with E-state index in [2.05, 4.69) is 48.3 Å². The molecule has 0 aliphatic carbocycles. The highest BCUT2D eigenvalue weighted by Crippen LogP contribution is 2.26.